The highest BCUT2D eigenvalue weighted by atomic mass is 16.5. The second-order valence-electron chi connectivity index (χ2n) is 4.95. The Morgan fingerprint density at radius 1 is 0.917 bits per heavy atom. The van der Waals surface area contributed by atoms with Crippen LogP contribution < -0.4 is 14.8 Å². The molecule has 0 unspecified atom stereocenters. The highest BCUT2D eigenvalue weighted by Gasteiger charge is 2.12. The average Bonchev–Trinajstić information content (AvgIpc) is 2.61. The minimum Gasteiger partial charge on any atom is -0.494 e. The second kappa shape index (κ2) is 9.57. The summed E-state index contributed by atoms with van der Waals surface area (Å²) in [5.74, 6) is 1.10. The molecule has 0 fully saturated rings. The fourth-order valence-corrected chi connectivity index (χ4v) is 2.13. The number of anilines is 1. The lowest BCUT2D eigenvalue weighted by Gasteiger charge is -2.12. The minimum atomic E-state index is -0.217. The van der Waals surface area contributed by atoms with Gasteiger partial charge < -0.3 is 19.5 Å². The highest BCUT2D eigenvalue weighted by molar-refractivity contribution is 6.06. The van der Waals surface area contributed by atoms with Crippen LogP contribution in [0.5, 0.6) is 11.5 Å². The van der Waals surface area contributed by atoms with Crippen molar-refractivity contribution in [2.45, 2.75) is 13.8 Å². The molecular weight excluding hydrogens is 306 g/mol. The summed E-state index contributed by atoms with van der Waals surface area (Å²) < 4.78 is 16.3. The molecule has 0 spiro atoms. The summed E-state index contributed by atoms with van der Waals surface area (Å²) in [6.07, 6.45) is 0. The number of hydrogen-bond acceptors (Lipinski definition) is 4. The van der Waals surface area contributed by atoms with E-state index in [0.29, 0.717) is 43.4 Å². The maximum Gasteiger partial charge on any atom is 0.259 e. The van der Waals surface area contributed by atoms with E-state index in [1.807, 2.05) is 38.1 Å². The van der Waals surface area contributed by atoms with Gasteiger partial charge in [-0.1, -0.05) is 12.1 Å². The standard InChI is InChI=1S/C19H23NO4/c1-3-22-13-14-24-18-8-6-5-7-17(18)19(21)20-15-9-11-16(12-10-15)23-4-2/h5-12H,3-4,13-14H2,1-2H3,(H,20,21). The van der Waals surface area contributed by atoms with E-state index in [0.717, 1.165) is 5.75 Å². The molecule has 0 heterocycles. The minimum absolute atomic E-state index is 0.217. The summed E-state index contributed by atoms with van der Waals surface area (Å²) in [5.41, 5.74) is 1.19. The van der Waals surface area contributed by atoms with Crippen LogP contribution in [-0.4, -0.2) is 32.3 Å². The molecule has 1 N–H and O–H groups in total. The van der Waals surface area contributed by atoms with E-state index in [4.69, 9.17) is 14.2 Å². The number of nitrogens with one attached hydrogen (secondary N) is 1. The van der Waals surface area contributed by atoms with Crippen molar-refractivity contribution >= 4 is 11.6 Å². The Bertz CT molecular complexity index is 640. The van der Waals surface area contributed by atoms with Gasteiger partial charge in [0.2, 0.25) is 0 Å². The molecular formula is C19H23NO4. The summed E-state index contributed by atoms with van der Waals surface area (Å²) >= 11 is 0. The lowest BCUT2D eigenvalue weighted by molar-refractivity contribution is 0.0998. The Morgan fingerprint density at radius 2 is 1.67 bits per heavy atom. The van der Waals surface area contributed by atoms with Gasteiger partial charge in [-0.3, -0.25) is 4.79 Å². The quantitative estimate of drug-likeness (QED) is 0.712. The van der Waals surface area contributed by atoms with Crippen LogP contribution in [0.1, 0.15) is 24.2 Å². The Kier molecular flexibility index (Phi) is 7.11. The third-order valence-electron chi connectivity index (χ3n) is 3.24. The van der Waals surface area contributed by atoms with Crippen LogP contribution in [0.15, 0.2) is 48.5 Å². The zero-order valence-electron chi connectivity index (χ0n) is 14.1. The van der Waals surface area contributed by atoms with Crippen LogP contribution in [0.2, 0.25) is 0 Å². The first-order chi connectivity index (χ1) is 11.7. The first-order valence-electron chi connectivity index (χ1n) is 8.08. The van der Waals surface area contributed by atoms with Crippen molar-refractivity contribution in [3.63, 3.8) is 0 Å². The molecule has 5 heteroatoms. The van der Waals surface area contributed by atoms with Crippen molar-refractivity contribution in [2.24, 2.45) is 0 Å². The van der Waals surface area contributed by atoms with Crippen LogP contribution in [0.25, 0.3) is 0 Å². The molecule has 5 nitrogen and oxygen atoms in total. The zero-order valence-corrected chi connectivity index (χ0v) is 14.1. The van der Waals surface area contributed by atoms with Crippen molar-refractivity contribution in [3.8, 4) is 11.5 Å². The van der Waals surface area contributed by atoms with E-state index in [-0.39, 0.29) is 5.91 Å². The van der Waals surface area contributed by atoms with E-state index < -0.39 is 0 Å². The number of ether oxygens (including phenoxy) is 3. The molecule has 0 radical (unpaired) electrons. The third-order valence-corrected chi connectivity index (χ3v) is 3.24. The van der Waals surface area contributed by atoms with Gasteiger partial charge in [0.15, 0.2) is 0 Å². The number of carbonyl (C=O) groups excluding carboxylic acids is 1. The van der Waals surface area contributed by atoms with Gasteiger partial charge in [-0.2, -0.15) is 0 Å². The molecule has 0 aliphatic rings. The van der Waals surface area contributed by atoms with Gasteiger partial charge in [0, 0.05) is 12.3 Å². The molecule has 24 heavy (non-hydrogen) atoms. The summed E-state index contributed by atoms with van der Waals surface area (Å²) in [5, 5.41) is 2.86. The number of rotatable bonds is 9. The normalized spacial score (nSPS) is 10.2. The van der Waals surface area contributed by atoms with Gasteiger partial charge in [0.1, 0.15) is 18.1 Å². The van der Waals surface area contributed by atoms with Gasteiger partial charge in [-0.05, 0) is 50.2 Å². The van der Waals surface area contributed by atoms with Gasteiger partial charge >= 0.3 is 0 Å². The number of amides is 1. The fraction of sp³-hybridized carbons (Fsp3) is 0.316. The highest BCUT2D eigenvalue weighted by Crippen LogP contribution is 2.21. The molecule has 2 aromatic carbocycles. The van der Waals surface area contributed by atoms with Crippen LogP contribution in [-0.2, 0) is 4.74 Å². The van der Waals surface area contributed by atoms with E-state index in [1.54, 1.807) is 24.3 Å². The molecule has 0 atom stereocenters. The average molecular weight is 329 g/mol. The maximum atomic E-state index is 12.5. The molecule has 0 saturated carbocycles. The fourth-order valence-electron chi connectivity index (χ4n) is 2.13. The molecule has 2 rings (SSSR count). The summed E-state index contributed by atoms with van der Waals surface area (Å²) in [4.78, 5) is 12.5. The number of benzene rings is 2. The van der Waals surface area contributed by atoms with E-state index in [2.05, 4.69) is 5.32 Å². The van der Waals surface area contributed by atoms with Gasteiger partial charge in [0.05, 0.1) is 18.8 Å². The van der Waals surface area contributed by atoms with Crippen LogP contribution in [0.3, 0.4) is 0 Å². The SMILES string of the molecule is CCOCCOc1ccccc1C(=O)Nc1ccc(OCC)cc1. The Morgan fingerprint density at radius 3 is 2.38 bits per heavy atom. The largest absolute Gasteiger partial charge is 0.494 e. The first-order valence-corrected chi connectivity index (χ1v) is 8.08. The Labute approximate surface area is 142 Å². The van der Waals surface area contributed by atoms with Crippen molar-refractivity contribution in [2.75, 3.05) is 31.7 Å². The van der Waals surface area contributed by atoms with Crippen molar-refractivity contribution in [1.29, 1.82) is 0 Å². The smallest absolute Gasteiger partial charge is 0.259 e. The predicted octanol–water partition coefficient (Wildman–Crippen LogP) is 3.75. The topological polar surface area (TPSA) is 56.8 Å². The Hall–Kier alpha value is -2.53. The Balaban J connectivity index is 2.01. The number of para-hydroxylation sites is 1. The second-order valence-corrected chi connectivity index (χ2v) is 4.95. The molecule has 0 saturated heterocycles. The molecule has 2 aromatic rings. The zero-order chi connectivity index (χ0) is 17.2. The molecule has 0 aromatic heterocycles. The van der Waals surface area contributed by atoms with E-state index in [9.17, 15) is 4.79 Å². The summed E-state index contributed by atoms with van der Waals surface area (Å²) in [6.45, 7) is 6.00. The summed E-state index contributed by atoms with van der Waals surface area (Å²) in [6, 6.07) is 14.4. The monoisotopic (exact) mass is 329 g/mol. The van der Waals surface area contributed by atoms with Crippen LogP contribution in [0, 0.1) is 0 Å². The van der Waals surface area contributed by atoms with Crippen molar-refractivity contribution in [1.82, 2.24) is 0 Å². The van der Waals surface area contributed by atoms with Crippen LogP contribution in [0.4, 0.5) is 5.69 Å². The number of hydrogen-bond donors (Lipinski definition) is 1. The lowest BCUT2D eigenvalue weighted by Crippen LogP contribution is -2.15. The molecule has 128 valence electrons. The molecule has 0 aliphatic heterocycles. The van der Waals surface area contributed by atoms with Crippen molar-refractivity contribution < 1.29 is 19.0 Å². The van der Waals surface area contributed by atoms with Crippen LogP contribution >= 0.6 is 0 Å². The van der Waals surface area contributed by atoms with E-state index in [1.165, 1.54) is 0 Å². The third kappa shape index (κ3) is 5.28. The lowest BCUT2D eigenvalue weighted by atomic mass is 10.2. The molecule has 1 amide bonds. The summed E-state index contributed by atoms with van der Waals surface area (Å²) in [7, 11) is 0. The van der Waals surface area contributed by atoms with Gasteiger partial charge in [-0.25, -0.2) is 0 Å². The van der Waals surface area contributed by atoms with Gasteiger partial charge in [-0.15, -0.1) is 0 Å². The van der Waals surface area contributed by atoms with Gasteiger partial charge in [0.25, 0.3) is 5.91 Å². The van der Waals surface area contributed by atoms with E-state index >= 15 is 0 Å². The first kappa shape index (κ1) is 17.8. The van der Waals surface area contributed by atoms with Crippen molar-refractivity contribution in [3.05, 3.63) is 54.1 Å². The number of carbonyl (C=O) groups is 1. The molecule has 0 bridgehead atoms. The maximum absolute atomic E-state index is 12.5. The molecule has 0 aliphatic carbocycles. The predicted molar refractivity (Wildman–Crippen MR) is 94.0 cm³/mol.